The zero-order valence-electron chi connectivity index (χ0n) is 19.3. The Hall–Kier alpha value is -3.20. The van der Waals surface area contributed by atoms with E-state index in [-0.39, 0.29) is 11.3 Å². The van der Waals surface area contributed by atoms with Crippen molar-refractivity contribution in [2.24, 2.45) is 5.92 Å². The molecule has 8 nitrogen and oxygen atoms in total. The maximum atomic E-state index is 13.1. The number of aromatic nitrogens is 1. The van der Waals surface area contributed by atoms with Gasteiger partial charge in [0.2, 0.25) is 5.43 Å². The molecule has 2 heterocycles. The summed E-state index contributed by atoms with van der Waals surface area (Å²) in [6.45, 7) is 9.11. The molecule has 1 amide bonds. The van der Waals surface area contributed by atoms with Gasteiger partial charge < -0.3 is 19.6 Å². The summed E-state index contributed by atoms with van der Waals surface area (Å²) in [4.78, 5) is 41.5. The summed E-state index contributed by atoms with van der Waals surface area (Å²) in [6, 6.07) is 2.32. The van der Waals surface area contributed by atoms with Crippen molar-refractivity contribution >= 4 is 34.2 Å². The summed E-state index contributed by atoms with van der Waals surface area (Å²) in [6.07, 6.45) is 1.32. The molecule has 0 bridgehead atoms. The Kier molecular flexibility index (Phi) is 7.53. The molecule has 176 valence electrons. The molecular formula is C24H28N2O6S. The lowest BCUT2D eigenvalue weighted by atomic mass is 10.0. The van der Waals surface area contributed by atoms with E-state index in [1.54, 1.807) is 19.1 Å². The maximum Gasteiger partial charge on any atom is 0.326 e. The van der Waals surface area contributed by atoms with E-state index >= 15 is 0 Å². The minimum absolute atomic E-state index is 0.107. The predicted molar refractivity (Wildman–Crippen MR) is 127 cm³/mol. The van der Waals surface area contributed by atoms with Crippen LogP contribution in [0.1, 0.15) is 45.4 Å². The van der Waals surface area contributed by atoms with Crippen LogP contribution in [0.15, 0.2) is 33.0 Å². The minimum atomic E-state index is -1.09. The highest BCUT2D eigenvalue weighted by atomic mass is 32.1. The van der Waals surface area contributed by atoms with E-state index in [1.165, 1.54) is 17.6 Å². The number of carbonyl (C=O) groups is 2. The van der Waals surface area contributed by atoms with E-state index in [0.29, 0.717) is 40.1 Å². The molecule has 0 fully saturated rings. The number of hydrogen-bond donors (Lipinski definition) is 2. The van der Waals surface area contributed by atoms with Gasteiger partial charge in [0.15, 0.2) is 6.10 Å². The van der Waals surface area contributed by atoms with E-state index in [9.17, 15) is 19.5 Å². The first-order valence-corrected chi connectivity index (χ1v) is 11.7. The van der Waals surface area contributed by atoms with Crippen LogP contribution in [0.5, 0.6) is 5.75 Å². The molecule has 1 aromatic carbocycles. The molecule has 3 aromatic rings. The van der Waals surface area contributed by atoms with Gasteiger partial charge in [-0.3, -0.25) is 9.59 Å². The Morgan fingerprint density at radius 3 is 2.58 bits per heavy atom. The van der Waals surface area contributed by atoms with Crippen molar-refractivity contribution in [2.45, 2.75) is 59.6 Å². The number of fused-ring (bicyclic) bond motifs is 1. The molecule has 0 aliphatic carbocycles. The molecule has 0 radical (unpaired) electrons. The fourth-order valence-electron chi connectivity index (χ4n) is 3.44. The number of carboxylic acids is 1. The number of aryl methyl sites for hydroxylation is 2. The first kappa shape index (κ1) is 24.4. The molecule has 0 saturated heterocycles. The Bertz CT molecular complexity index is 1230. The van der Waals surface area contributed by atoms with Gasteiger partial charge in [-0.05, 0) is 44.2 Å². The number of nitrogens with one attached hydrogen (secondary N) is 1. The maximum absolute atomic E-state index is 13.1. The number of carbonyl (C=O) groups excluding carboxylic acids is 1. The third kappa shape index (κ3) is 5.60. The van der Waals surface area contributed by atoms with Crippen molar-refractivity contribution in [2.75, 3.05) is 0 Å². The smallest absolute Gasteiger partial charge is 0.326 e. The molecule has 9 heteroatoms. The molecule has 33 heavy (non-hydrogen) atoms. The second-order valence-electron chi connectivity index (χ2n) is 8.37. The van der Waals surface area contributed by atoms with Crippen LogP contribution >= 0.6 is 11.3 Å². The van der Waals surface area contributed by atoms with Gasteiger partial charge in [-0.25, -0.2) is 9.78 Å². The summed E-state index contributed by atoms with van der Waals surface area (Å²) < 4.78 is 11.6. The summed E-state index contributed by atoms with van der Waals surface area (Å²) in [5.41, 5.74) is 2.11. The van der Waals surface area contributed by atoms with Gasteiger partial charge in [0, 0.05) is 17.1 Å². The molecule has 0 spiro atoms. The number of aliphatic carboxylic acids is 1. The largest absolute Gasteiger partial charge is 0.480 e. The van der Waals surface area contributed by atoms with Crippen LogP contribution in [0.4, 0.5) is 0 Å². The third-order valence-corrected chi connectivity index (χ3v) is 6.17. The first-order chi connectivity index (χ1) is 15.6. The third-order valence-electron chi connectivity index (χ3n) is 5.18. The molecule has 2 atom stereocenters. The van der Waals surface area contributed by atoms with Crippen LogP contribution in [-0.2, 0) is 16.0 Å². The molecule has 0 saturated carbocycles. The van der Waals surface area contributed by atoms with Crippen molar-refractivity contribution in [3.8, 4) is 16.3 Å². The Morgan fingerprint density at radius 2 is 2.00 bits per heavy atom. The van der Waals surface area contributed by atoms with E-state index in [4.69, 9.17) is 9.15 Å². The SMILES string of the molecule is CCc1cc2c(=O)c(-c3nc(C)cs3)coc2cc1OC(C)C(=O)NC(CC(C)C)C(=O)O. The Labute approximate surface area is 195 Å². The van der Waals surface area contributed by atoms with E-state index in [2.05, 4.69) is 10.3 Å². The van der Waals surface area contributed by atoms with Crippen molar-refractivity contribution in [1.29, 1.82) is 0 Å². The van der Waals surface area contributed by atoms with Crippen molar-refractivity contribution in [3.05, 3.63) is 45.3 Å². The average Bonchev–Trinajstić information content (AvgIpc) is 3.18. The fraction of sp³-hybridized carbons (Fsp3) is 0.417. The Balaban J connectivity index is 1.88. The summed E-state index contributed by atoms with van der Waals surface area (Å²) in [7, 11) is 0. The van der Waals surface area contributed by atoms with Gasteiger partial charge in [0.05, 0.1) is 10.9 Å². The summed E-state index contributed by atoms with van der Waals surface area (Å²) in [5, 5.41) is 14.8. The lowest BCUT2D eigenvalue weighted by Crippen LogP contribution is -2.46. The van der Waals surface area contributed by atoms with Crippen LogP contribution in [0.2, 0.25) is 0 Å². The van der Waals surface area contributed by atoms with Crippen molar-refractivity contribution < 1.29 is 23.8 Å². The lowest BCUT2D eigenvalue weighted by Gasteiger charge is -2.21. The fourth-order valence-corrected chi connectivity index (χ4v) is 4.24. The number of thiazole rings is 1. The zero-order chi connectivity index (χ0) is 24.3. The Morgan fingerprint density at radius 1 is 1.27 bits per heavy atom. The topological polar surface area (TPSA) is 119 Å². The number of amides is 1. The summed E-state index contributed by atoms with van der Waals surface area (Å²) in [5.74, 6) is -1.10. The molecule has 2 unspecified atom stereocenters. The average molecular weight is 473 g/mol. The lowest BCUT2D eigenvalue weighted by molar-refractivity contribution is -0.143. The molecule has 0 aliphatic rings. The molecule has 2 N–H and O–H groups in total. The van der Waals surface area contributed by atoms with Crippen LogP contribution < -0.4 is 15.5 Å². The second-order valence-corrected chi connectivity index (χ2v) is 9.23. The first-order valence-electron chi connectivity index (χ1n) is 10.8. The highest BCUT2D eigenvalue weighted by Crippen LogP contribution is 2.29. The number of benzene rings is 1. The molecule has 2 aromatic heterocycles. The zero-order valence-corrected chi connectivity index (χ0v) is 20.1. The monoisotopic (exact) mass is 472 g/mol. The van der Waals surface area contributed by atoms with Crippen LogP contribution in [-0.4, -0.2) is 34.1 Å². The van der Waals surface area contributed by atoms with Gasteiger partial charge in [-0.15, -0.1) is 11.3 Å². The second kappa shape index (κ2) is 10.2. The van der Waals surface area contributed by atoms with Gasteiger partial charge in [0.1, 0.15) is 28.6 Å². The number of nitrogens with zero attached hydrogens (tertiary/aromatic N) is 1. The minimum Gasteiger partial charge on any atom is -0.480 e. The predicted octanol–water partition coefficient (Wildman–Crippen LogP) is 4.17. The highest BCUT2D eigenvalue weighted by molar-refractivity contribution is 7.13. The number of ether oxygens (including phenoxy) is 1. The number of hydrogen-bond acceptors (Lipinski definition) is 7. The highest BCUT2D eigenvalue weighted by Gasteiger charge is 2.25. The van der Waals surface area contributed by atoms with Crippen LogP contribution in [0, 0.1) is 12.8 Å². The van der Waals surface area contributed by atoms with E-state index in [1.807, 2.05) is 33.1 Å². The molecular weight excluding hydrogens is 444 g/mol. The summed E-state index contributed by atoms with van der Waals surface area (Å²) >= 11 is 1.38. The normalized spacial score (nSPS) is 13.2. The van der Waals surface area contributed by atoms with Gasteiger partial charge in [-0.1, -0.05) is 20.8 Å². The van der Waals surface area contributed by atoms with E-state index in [0.717, 1.165) is 11.3 Å². The van der Waals surface area contributed by atoms with Crippen molar-refractivity contribution in [3.63, 3.8) is 0 Å². The van der Waals surface area contributed by atoms with Gasteiger partial charge in [0.25, 0.3) is 5.91 Å². The quantitative estimate of drug-likeness (QED) is 0.480. The van der Waals surface area contributed by atoms with Crippen LogP contribution in [0.3, 0.4) is 0 Å². The van der Waals surface area contributed by atoms with Gasteiger partial charge in [-0.2, -0.15) is 0 Å². The number of rotatable bonds is 9. The molecule has 3 rings (SSSR count). The standard InChI is InChI=1S/C24H28N2O6S/c1-6-15-8-16-20(31-10-17(21(16)27)23-25-13(4)11-33-23)9-19(15)32-14(5)22(28)26-18(24(29)30)7-12(2)3/h8-12,14,18H,6-7H2,1-5H3,(H,26,28)(H,29,30). The number of carboxylic acid groups (broad SMARTS) is 1. The van der Waals surface area contributed by atoms with Gasteiger partial charge >= 0.3 is 5.97 Å². The van der Waals surface area contributed by atoms with E-state index < -0.39 is 24.0 Å². The van der Waals surface area contributed by atoms with Crippen LogP contribution in [0.25, 0.3) is 21.5 Å². The molecule has 0 aliphatic heterocycles. The van der Waals surface area contributed by atoms with Crippen molar-refractivity contribution in [1.82, 2.24) is 10.3 Å².